The quantitative estimate of drug-likeness (QED) is 0.150. The topological polar surface area (TPSA) is 225 Å². The Bertz CT molecular complexity index is 1610. The first-order chi connectivity index (χ1) is 23.8. The van der Waals surface area contributed by atoms with E-state index in [1.165, 1.54) is 19.1 Å². The van der Waals surface area contributed by atoms with Crippen molar-refractivity contribution in [3.8, 4) is 0 Å². The first kappa shape index (κ1) is 37.5. The third-order valence-electron chi connectivity index (χ3n) is 11.9. The molecule has 0 aromatic heterocycles. The monoisotopic (exact) mass is 718 g/mol. The van der Waals surface area contributed by atoms with Crippen molar-refractivity contribution >= 4 is 23.7 Å². The highest BCUT2D eigenvalue weighted by molar-refractivity contribution is 5.95. The molecule has 5 N–H and O–H groups in total. The van der Waals surface area contributed by atoms with E-state index in [0.717, 1.165) is 13.8 Å². The molecule has 2 saturated carbocycles. The van der Waals surface area contributed by atoms with Gasteiger partial charge in [-0.2, -0.15) is 0 Å². The van der Waals surface area contributed by atoms with E-state index < -0.39 is 120 Å². The lowest BCUT2D eigenvalue weighted by atomic mass is 9.44. The zero-order chi connectivity index (χ0) is 37.4. The molecule has 15 heteroatoms. The van der Waals surface area contributed by atoms with Crippen LogP contribution in [0.1, 0.15) is 64.7 Å². The highest BCUT2D eigenvalue weighted by Gasteiger charge is 2.78. The molecule has 3 aliphatic carbocycles. The van der Waals surface area contributed by atoms with Crippen LogP contribution >= 0.6 is 0 Å². The minimum Gasteiger partial charge on any atom is -0.455 e. The Morgan fingerprint density at radius 2 is 1.59 bits per heavy atom. The van der Waals surface area contributed by atoms with Crippen molar-refractivity contribution in [2.24, 2.45) is 16.7 Å². The van der Waals surface area contributed by atoms with Crippen LogP contribution in [0.3, 0.4) is 0 Å². The molecule has 1 aromatic carbocycles. The molecule has 1 aromatic rings. The third-order valence-corrected chi connectivity index (χ3v) is 11.9. The van der Waals surface area contributed by atoms with Crippen molar-refractivity contribution in [3.63, 3.8) is 0 Å². The van der Waals surface area contributed by atoms with Crippen molar-refractivity contribution in [2.75, 3.05) is 13.2 Å². The highest BCUT2D eigenvalue weighted by Crippen LogP contribution is 2.65. The summed E-state index contributed by atoms with van der Waals surface area (Å²) in [7, 11) is 0. The Morgan fingerprint density at radius 1 is 0.922 bits per heavy atom. The number of benzene rings is 1. The molecule has 15 nitrogen and oxygen atoms in total. The van der Waals surface area contributed by atoms with E-state index in [0.29, 0.717) is 0 Å². The first-order valence-electron chi connectivity index (χ1n) is 17.0. The molecule has 5 aliphatic rings. The number of hydrogen-bond acceptors (Lipinski definition) is 15. The molecular formula is C36H46O15. The molecular weight excluding hydrogens is 672 g/mol. The van der Waals surface area contributed by atoms with Crippen LogP contribution in [0.25, 0.3) is 0 Å². The molecule has 6 rings (SSSR count). The first-order valence-corrected chi connectivity index (χ1v) is 17.0. The predicted octanol–water partition coefficient (Wildman–Crippen LogP) is 0.116. The van der Waals surface area contributed by atoms with E-state index in [1.54, 1.807) is 39.0 Å². The molecule has 0 radical (unpaired) electrons. The van der Waals surface area contributed by atoms with E-state index >= 15 is 4.79 Å². The van der Waals surface area contributed by atoms with Gasteiger partial charge in [-0.25, -0.2) is 4.79 Å². The average molecular weight is 719 g/mol. The molecule has 0 amide bonds. The van der Waals surface area contributed by atoms with Gasteiger partial charge in [0.05, 0.1) is 42.3 Å². The maximum Gasteiger partial charge on any atom is 0.338 e. The number of esters is 3. The van der Waals surface area contributed by atoms with Crippen LogP contribution in [0.4, 0.5) is 0 Å². The summed E-state index contributed by atoms with van der Waals surface area (Å²) in [5.74, 6) is -4.80. The van der Waals surface area contributed by atoms with Gasteiger partial charge in [-0.3, -0.25) is 14.4 Å². The molecule has 0 unspecified atom stereocenters. The molecule has 51 heavy (non-hydrogen) atoms. The van der Waals surface area contributed by atoms with Crippen molar-refractivity contribution < 1.29 is 73.1 Å². The number of carbonyl (C=O) groups excluding carboxylic acids is 4. The predicted molar refractivity (Wildman–Crippen MR) is 171 cm³/mol. The van der Waals surface area contributed by atoms with Gasteiger partial charge in [-0.1, -0.05) is 32.0 Å². The summed E-state index contributed by atoms with van der Waals surface area (Å²) < 4.78 is 36.1. The summed E-state index contributed by atoms with van der Waals surface area (Å²) >= 11 is 0. The van der Waals surface area contributed by atoms with Gasteiger partial charge < -0.3 is 54.0 Å². The Labute approximate surface area is 294 Å². The Hall–Kier alpha value is -3.28. The van der Waals surface area contributed by atoms with E-state index in [-0.39, 0.29) is 29.7 Å². The van der Waals surface area contributed by atoms with E-state index in [9.17, 15) is 39.9 Å². The zero-order valence-corrected chi connectivity index (χ0v) is 29.3. The standard InChI is InChI=1S/C36H46O15/c1-16-20(39)13-36(45)30(50-31(44)19-10-8-7-9-11-19)28-34(6,29(43)27(48-17(2)37)24(16)33(36,4)5)22(12-23-35(28,15-47-23)51-18(3)38)49-32-26(42)25(41)21(40)14-46-32/h7-11,20-23,25-28,30,32,39-42,45H,12-15H2,1-6H3/t20-,21+,22-,23+,25-,26+,27+,28-,30-,32-,34+,35-,36+/m0/s1. The molecule has 13 atom stereocenters. The average Bonchev–Trinajstić information content (AvgIpc) is 3.05. The van der Waals surface area contributed by atoms with Crippen LogP contribution in [0, 0.1) is 16.7 Å². The molecule has 2 aliphatic heterocycles. The number of Topliss-reactive ketones (excluding diaryl/α,β-unsaturated/α-hetero) is 1. The summed E-state index contributed by atoms with van der Waals surface area (Å²) in [6, 6.07) is 7.91. The molecule has 0 spiro atoms. The van der Waals surface area contributed by atoms with Crippen molar-refractivity contribution in [2.45, 2.75) is 121 Å². The number of fused-ring (bicyclic) bond motifs is 5. The summed E-state index contributed by atoms with van der Waals surface area (Å²) in [4.78, 5) is 55.2. The minimum absolute atomic E-state index is 0.0872. The van der Waals surface area contributed by atoms with E-state index in [1.807, 2.05) is 0 Å². The van der Waals surface area contributed by atoms with E-state index in [2.05, 4.69) is 0 Å². The second-order valence-corrected chi connectivity index (χ2v) is 15.1. The van der Waals surface area contributed by atoms with Crippen LogP contribution in [-0.2, 0) is 42.8 Å². The summed E-state index contributed by atoms with van der Waals surface area (Å²) in [5.41, 5.74) is -7.06. The third kappa shape index (κ3) is 5.64. The SMILES string of the molecule is CC(=O)O[C@H]1C(=O)[C@]2(C)[C@@H](O[C@@H]3OC[C@@H](O)[C@H](O)[C@H]3O)C[C@H]3OC[C@@]3(OC(C)=O)[C@H]2[C@H](OC(=O)c2ccccc2)[C@]2(O)C[C@H](O)C(C)=C1C2(C)C. The summed E-state index contributed by atoms with van der Waals surface area (Å²) in [6.45, 7) is 7.75. The van der Waals surface area contributed by atoms with Crippen molar-refractivity contribution in [1.82, 2.24) is 0 Å². The van der Waals surface area contributed by atoms with Crippen LogP contribution in [-0.4, -0.2) is 129 Å². The number of aliphatic hydroxyl groups excluding tert-OH is 4. The van der Waals surface area contributed by atoms with Gasteiger partial charge in [0, 0.05) is 32.1 Å². The van der Waals surface area contributed by atoms with Gasteiger partial charge in [-0.15, -0.1) is 0 Å². The lowest BCUT2D eigenvalue weighted by Gasteiger charge is -2.68. The Balaban J connectivity index is 1.63. The van der Waals surface area contributed by atoms with Crippen LogP contribution in [0.15, 0.2) is 41.5 Å². The van der Waals surface area contributed by atoms with Crippen molar-refractivity contribution in [1.29, 1.82) is 0 Å². The van der Waals surface area contributed by atoms with Gasteiger partial charge in [0.1, 0.15) is 36.1 Å². The van der Waals surface area contributed by atoms with Crippen LogP contribution in [0.5, 0.6) is 0 Å². The molecule has 2 bridgehead atoms. The molecule has 4 fully saturated rings. The smallest absolute Gasteiger partial charge is 0.338 e. The zero-order valence-electron chi connectivity index (χ0n) is 29.3. The highest BCUT2D eigenvalue weighted by atomic mass is 16.7. The van der Waals surface area contributed by atoms with Gasteiger partial charge in [0.15, 0.2) is 23.8 Å². The van der Waals surface area contributed by atoms with Gasteiger partial charge in [0.2, 0.25) is 0 Å². The Kier molecular flexibility index (Phi) is 9.54. The maximum absolute atomic E-state index is 15.5. The number of rotatable bonds is 6. The van der Waals surface area contributed by atoms with Crippen LogP contribution in [0.2, 0.25) is 0 Å². The lowest BCUT2D eigenvalue weighted by molar-refractivity contribution is -0.366. The number of ether oxygens (including phenoxy) is 6. The fraction of sp³-hybridized carbons (Fsp3) is 0.667. The second kappa shape index (κ2) is 13.0. The second-order valence-electron chi connectivity index (χ2n) is 15.1. The normalized spacial score (nSPS) is 43.0. The minimum atomic E-state index is -2.23. The lowest BCUT2D eigenvalue weighted by Crippen LogP contribution is -2.82. The molecule has 2 saturated heterocycles. The molecule has 2 heterocycles. The fourth-order valence-corrected chi connectivity index (χ4v) is 9.14. The van der Waals surface area contributed by atoms with E-state index in [4.69, 9.17) is 28.4 Å². The molecule has 280 valence electrons. The Morgan fingerprint density at radius 3 is 2.18 bits per heavy atom. The number of carbonyl (C=O) groups is 4. The van der Waals surface area contributed by atoms with Gasteiger partial charge in [-0.05, 0) is 37.1 Å². The largest absolute Gasteiger partial charge is 0.455 e. The number of aliphatic hydroxyl groups is 5. The van der Waals surface area contributed by atoms with Gasteiger partial charge >= 0.3 is 17.9 Å². The maximum atomic E-state index is 15.5. The number of ketones is 1. The van der Waals surface area contributed by atoms with Crippen LogP contribution < -0.4 is 0 Å². The summed E-state index contributed by atoms with van der Waals surface area (Å²) in [6.07, 6.45) is -14.3. The van der Waals surface area contributed by atoms with Gasteiger partial charge in [0.25, 0.3) is 0 Å². The fourth-order valence-electron chi connectivity index (χ4n) is 9.14. The van der Waals surface area contributed by atoms with Crippen molar-refractivity contribution in [3.05, 3.63) is 47.0 Å². The number of hydrogen-bond donors (Lipinski definition) is 5. The summed E-state index contributed by atoms with van der Waals surface area (Å²) in [5, 5.41) is 56.2.